The predicted octanol–water partition coefficient (Wildman–Crippen LogP) is 3.79. The maximum absolute atomic E-state index is 6.22. The second kappa shape index (κ2) is 7.49. The van der Waals surface area contributed by atoms with Crippen LogP contribution in [0.3, 0.4) is 0 Å². The van der Waals surface area contributed by atoms with Gasteiger partial charge in [0.15, 0.2) is 0 Å². The highest BCUT2D eigenvalue weighted by Crippen LogP contribution is 2.33. The molecule has 0 aromatic carbocycles. The van der Waals surface area contributed by atoms with Crippen LogP contribution in [0.5, 0.6) is 0 Å². The molecule has 1 heterocycles. The van der Waals surface area contributed by atoms with Crippen LogP contribution >= 0.6 is 0 Å². The van der Waals surface area contributed by atoms with E-state index in [0.717, 1.165) is 12.5 Å². The van der Waals surface area contributed by atoms with Gasteiger partial charge in [0.25, 0.3) is 0 Å². The molecule has 0 aromatic heterocycles. The maximum atomic E-state index is 6.22. The summed E-state index contributed by atoms with van der Waals surface area (Å²) in [6.45, 7) is 11.5. The van der Waals surface area contributed by atoms with Gasteiger partial charge in [-0.25, -0.2) is 0 Å². The van der Waals surface area contributed by atoms with E-state index in [-0.39, 0.29) is 5.54 Å². The fourth-order valence-electron chi connectivity index (χ4n) is 3.58. The SMILES string of the molecule is CCC(C)CC(CC)(CN)N1CCCCCC1C. The lowest BCUT2D eigenvalue weighted by Gasteiger charge is -2.47. The molecular formula is C16H34N2. The van der Waals surface area contributed by atoms with E-state index >= 15 is 0 Å². The molecule has 3 unspecified atom stereocenters. The Morgan fingerprint density at radius 2 is 2.00 bits per heavy atom. The van der Waals surface area contributed by atoms with E-state index < -0.39 is 0 Å². The van der Waals surface area contributed by atoms with Crippen molar-refractivity contribution in [2.75, 3.05) is 13.1 Å². The minimum absolute atomic E-state index is 0.249. The van der Waals surface area contributed by atoms with Gasteiger partial charge in [-0.05, 0) is 45.1 Å². The first-order valence-corrected chi connectivity index (χ1v) is 8.06. The lowest BCUT2D eigenvalue weighted by molar-refractivity contribution is 0.0341. The fourth-order valence-corrected chi connectivity index (χ4v) is 3.58. The molecule has 1 rings (SSSR count). The smallest absolute Gasteiger partial charge is 0.0334 e. The number of rotatable bonds is 6. The second-order valence-electron chi connectivity index (χ2n) is 6.39. The Labute approximate surface area is 114 Å². The van der Waals surface area contributed by atoms with Crippen LogP contribution in [-0.4, -0.2) is 29.6 Å². The second-order valence-corrected chi connectivity index (χ2v) is 6.39. The average Bonchev–Trinajstić information content (AvgIpc) is 2.61. The van der Waals surface area contributed by atoms with Crippen LogP contribution in [-0.2, 0) is 0 Å². The summed E-state index contributed by atoms with van der Waals surface area (Å²) >= 11 is 0. The van der Waals surface area contributed by atoms with Crippen LogP contribution in [0.2, 0.25) is 0 Å². The van der Waals surface area contributed by atoms with E-state index in [9.17, 15) is 0 Å². The van der Waals surface area contributed by atoms with Crippen molar-refractivity contribution in [3.63, 3.8) is 0 Å². The van der Waals surface area contributed by atoms with E-state index in [1.54, 1.807) is 0 Å². The van der Waals surface area contributed by atoms with Crippen molar-refractivity contribution in [3.8, 4) is 0 Å². The van der Waals surface area contributed by atoms with Crippen molar-refractivity contribution >= 4 is 0 Å². The third-order valence-corrected chi connectivity index (χ3v) is 5.13. The molecule has 0 saturated carbocycles. The lowest BCUT2D eigenvalue weighted by atomic mass is 9.82. The van der Waals surface area contributed by atoms with Gasteiger partial charge in [0.05, 0.1) is 0 Å². The van der Waals surface area contributed by atoms with Gasteiger partial charge in [-0.15, -0.1) is 0 Å². The van der Waals surface area contributed by atoms with Crippen LogP contribution in [0.25, 0.3) is 0 Å². The van der Waals surface area contributed by atoms with Gasteiger partial charge in [0, 0.05) is 18.1 Å². The Morgan fingerprint density at radius 3 is 2.56 bits per heavy atom. The maximum Gasteiger partial charge on any atom is 0.0334 e. The molecule has 108 valence electrons. The van der Waals surface area contributed by atoms with Crippen molar-refractivity contribution in [1.29, 1.82) is 0 Å². The van der Waals surface area contributed by atoms with E-state index in [1.807, 2.05) is 0 Å². The number of nitrogens with two attached hydrogens (primary N) is 1. The summed E-state index contributed by atoms with van der Waals surface area (Å²) < 4.78 is 0. The van der Waals surface area contributed by atoms with E-state index in [0.29, 0.717) is 6.04 Å². The highest BCUT2D eigenvalue weighted by atomic mass is 15.2. The Kier molecular flexibility index (Phi) is 6.65. The van der Waals surface area contributed by atoms with Gasteiger partial charge in [-0.3, -0.25) is 4.90 Å². The van der Waals surface area contributed by atoms with E-state index in [2.05, 4.69) is 32.6 Å². The van der Waals surface area contributed by atoms with Gasteiger partial charge in [-0.2, -0.15) is 0 Å². The molecule has 3 atom stereocenters. The highest BCUT2D eigenvalue weighted by molar-refractivity contribution is 4.95. The van der Waals surface area contributed by atoms with Crippen molar-refractivity contribution < 1.29 is 0 Å². The first-order chi connectivity index (χ1) is 8.59. The monoisotopic (exact) mass is 254 g/mol. The first kappa shape index (κ1) is 16.0. The Hall–Kier alpha value is -0.0800. The average molecular weight is 254 g/mol. The summed E-state index contributed by atoms with van der Waals surface area (Å²) in [6.07, 6.45) is 9.22. The van der Waals surface area contributed by atoms with Crippen LogP contribution < -0.4 is 5.73 Å². The standard InChI is InChI=1S/C16H34N2/c1-5-14(3)12-16(6-2,13-17)18-11-9-7-8-10-15(18)4/h14-15H,5-13,17H2,1-4H3. The normalized spacial score (nSPS) is 27.5. The molecule has 0 radical (unpaired) electrons. The summed E-state index contributed by atoms with van der Waals surface area (Å²) in [5.74, 6) is 0.781. The summed E-state index contributed by atoms with van der Waals surface area (Å²) in [4.78, 5) is 2.76. The molecule has 1 saturated heterocycles. The van der Waals surface area contributed by atoms with Crippen LogP contribution in [0.15, 0.2) is 0 Å². The van der Waals surface area contributed by atoms with E-state index in [4.69, 9.17) is 5.73 Å². The van der Waals surface area contributed by atoms with Gasteiger partial charge < -0.3 is 5.73 Å². The van der Waals surface area contributed by atoms with Crippen molar-refractivity contribution in [2.45, 2.75) is 84.2 Å². The molecule has 0 aromatic rings. The van der Waals surface area contributed by atoms with Gasteiger partial charge >= 0.3 is 0 Å². The molecule has 2 heteroatoms. The number of likely N-dealkylation sites (tertiary alicyclic amines) is 1. The Bertz CT molecular complexity index is 223. The third kappa shape index (κ3) is 3.71. The molecule has 0 aliphatic carbocycles. The largest absolute Gasteiger partial charge is 0.329 e. The minimum Gasteiger partial charge on any atom is -0.329 e. The Morgan fingerprint density at radius 1 is 1.28 bits per heavy atom. The van der Waals surface area contributed by atoms with Gasteiger partial charge in [-0.1, -0.05) is 40.0 Å². The van der Waals surface area contributed by atoms with Crippen LogP contribution in [0.4, 0.5) is 0 Å². The lowest BCUT2D eigenvalue weighted by Crippen LogP contribution is -2.57. The van der Waals surface area contributed by atoms with Crippen molar-refractivity contribution in [2.24, 2.45) is 11.7 Å². The van der Waals surface area contributed by atoms with Gasteiger partial charge in [0.1, 0.15) is 0 Å². The summed E-state index contributed by atoms with van der Waals surface area (Å²) in [5, 5.41) is 0. The zero-order valence-electron chi connectivity index (χ0n) is 13.0. The molecule has 2 N–H and O–H groups in total. The zero-order chi connectivity index (χ0) is 13.6. The molecule has 0 spiro atoms. The summed E-state index contributed by atoms with van der Waals surface area (Å²) in [7, 11) is 0. The molecule has 0 bridgehead atoms. The Balaban J connectivity index is 2.85. The molecule has 1 fully saturated rings. The summed E-state index contributed by atoms with van der Waals surface area (Å²) in [5.41, 5.74) is 6.47. The van der Waals surface area contributed by atoms with Crippen molar-refractivity contribution in [3.05, 3.63) is 0 Å². The highest BCUT2D eigenvalue weighted by Gasteiger charge is 2.37. The fraction of sp³-hybridized carbons (Fsp3) is 1.00. The van der Waals surface area contributed by atoms with Gasteiger partial charge in [0.2, 0.25) is 0 Å². The van der Waals surface area contributed by atoms with Crippen LogP contribution in [0.1, 0.15) is 72.6 Å². The zero-order valence-corrected chi connectivity index (χ0v) is 13.0. The quantitative estimate of drug-likeness (QED) is 0.781. The van der Waals surface area contributed by atoms with Crippen molar-refractivity contribution in [1.82, 2.24) is 4.90 Å². The topological polar surface area (TPSA) is 29.3 Å². The third-order valence-electron chi connectivity index (χ3n) is 5.13. The number of hydrogen-bond acceptors (Lipinski definition) is 2. The molecular weight excluding hydrogens is 220 g/mol. The molecule has 0 amide bonds. The molecule has 18 heavy (non-hydrogen) atoms. The minimum atomic E-state index is 0.249. The predicted molar refractivity (Wildman–Crippen MR) is 80.8 cm³/mol. The van der Waals surface area contributed by atoms with Crippen LogP contribution in [0, 0.1) is 5.92 Å². The molecule has 2 nitrogen and oxygen atoms in total. The number of nitrogens with zero attached hydrogens (tertiary/aromatic N) is 1. The van der Waals surface area contributed by atoms with E-state index in [1.165, 1.54) is 51.5 Å². The number of hydrogen-bond donors (Lipinski definition) is 1. The molecule has 1 aliphatic heterocycles. The summed E-state index contributed by atoms with van der Waals surface area (Å²) in [6, 6.07) is 0.708. The first-order valence-electron chi connectivity index (χ1n) is 8.06. The molecule has 1 aliphatic rings.